The molecule has 4 aliphatic carbocycles. The molecule has 11 heteroatoms. The summed E-state index contributed by atoms with van der Waals surface area (Å²) < 4.78 is 17.9. The second kappa shape index (κ2) is 11.6. The van der Waals surface area contributed by atoms with E-state index in [0.29, 0.717) is 12.3 Å². The summed E-state index contributed by atoms with van der Waals surface area (Å²) in [6, 6.07) is 0. The van der Waals surface area contributed by atoms with Crippen LogP contribution < -0.4 is 0 Å². The van der Waals surface area contributed by atoms with Crippen LogP contribution in [0.3, 0.4) is 0 Å². The number of hydrogen-bond acceptors (Lipinski definition) is 11. The van der Waals surface area contributed by atoms with Crippen molar-refractivity contribution in [3.8, 4) is 0 Å². The lowest BCUT2D eigenvalue weighted by Crippen LogP contribution is -2.69. The quantitative estimate of drug-likeness (QED) is 0.213. The maximum atomic E-state index is 14.1. The number of aliphatic hydroxyl groups excluding tert-OH is 6. The van der Waals surface area contributed by atoms with Crippen LogP contribution in [0, 0.1) is 45.3 Å². The molecule has 7 N–H and O–H groups in total. The fourth-order valence-corrected chi connectivity index (χ4v) is 12.4. The molecule has 11 nitrogen and oxygen atoms in total. The number of carbonyl (C=O) groups excluding carboxylic acids is 1. The fraction of sp³-hybridized carbons (Fsp3) is 0.972. The molecule has 0 aromatic carbocycles. The van der Waals surface area contributed by atoms with E-state index < -0.39 is 77.8 Å². The third-order valence-corrected chi connectivity index (χ3v) is 15.6. The third kappa shape index (κ3) is 4.95. The van der Waals surface area contributed by atoms with E-state index in [1.165, 1.54) is 0 Å². The number of fused-ring (bicyclic) bond motifs is 5. The summed E-state index contributed by atoms with van der Waals surface area (Å²) in [6.07, 6.45) is -3.09. The molecule has 0 bridgehead atoms. The van der Waals surface area contributed by atoms with E-state index in [9.17, 15) is 40.5 Å². The Morgan fingerprint density at radius 3 is 2.06 bits per heavy atom. The van der Waals surface area contributed by atoms with E-state index in [1.54, 1.807) is 6.92 Å². The van der Waals surface area contributed by atoms with E-state index in [-0.39, 0.29) is 40.8 Å². The summed E-state index contributed by atoms with van der Waals surface area (Å²) in [5, 5.41) is 74.8. The van der Waals surface area contributed by atoms with Crippen molar-refractivity contribution < 1.29 is 54.8 Å². The van der Waals surface area contributed by atoms with Gasteiger partial charge in [-0.3, -0.25) is 4.79 Å². The Hall–Kier alpha value is -0.890. The molecule has 17 atom stereocenters. The molecule has 0 aromatic rings. The van der Waals surface area contributed by atoms with E-state index in [1.807, 2.05) is 13.8 Å². The Labute approximate surface area is 279 Å². The summed E-state index contributed by atoms with van der Waals surface area (Å²) in [5.74, 6) is -0.507. The van der Waals surface area contributed by atoms with Crippen LogP contribution in [0.2, 0.25) is 0 Å². The number of hydrogen-bond donors (Lipinski definition) is 7. The van der Waals surface area contributed by atoms with Crippen molar-refractivity contribution >= 4 is 5.97 Å². The van der Waals surface area contributed by atoms with Gasteiger partial charge in [0.1, 0.15) is 24.4 Å². The number of rotatable bonds is 5. The SMILES string of the molecule is CC(C)(O)[C@@H]1CC[C@@](C)([C@@H]2CC[C@]3(C)[C@H]4CC[C@H]5[C@](C)(C(=O)O[C@H]6O[C@@H](CO)[C@H](O)[C@@H](O)[C@@H]6O)[C@@H](O)C[C@@H](O)[C@@]5(C)[C@@H]4CC[C@@]23C)O1. The summed E-state index contributed by atoms with van der Waals surface area (Å²) in [7, 11) is 0. The molecular weight excluding hydrogens is 608 g/mol. The minimum atomic E-state index is -1.75. The van der Waals surface area contributed by atoms with Crippen LogP contribution in [0.4, 0.5) is 0 Å². The van der Waals surface area contributed by atoms with Gasteiger partial charge in [0.05, 0.1) is 41.5 Å². The zero-order chi connectivity index (χ0) is 34.7. The molecule has 2 heterocycles. The topological polar surface area (TPSA) is 186 Å². The molecule has 0 unspecified atom stereocenters. The lowest BCUT2D eigenvalue weighted by molar-refractivity contribution is -0.303. The van der Waals surface area contributed by atoms with Gasteiger partial charge in [0.25, 0.3) is 0 Å². The number of ether oxygens (including phenoxy) is 3. The zero-order valence-corrected chi connectivity index (χ0v) is 29.3. The van der Waals surface area contributed by atoms with Crippen LogP contribution in [0.5, 0.6) is 0 Å². The van der Waals surface area contributed by atoms with Crippen molar-refractivity contribution in [3.63, 3.8) is 0 Å². The van der Waals surface area contributed by atoms with Crippen LogP contribution in [0.25, 0.3) is 0 Å². The maximum Gasteiger partial charge on any atom is 0.317 e. The first-order valence-corrected chi connectivity index (χ1v) is 18.0. The Kier molecular flexibility index (Phi) is 8.84. The monoisotopic (exact) mass is 668 g/mol. The second-order valence-corrected chi connectivity index (χ2v) is 17.9. The molecule has 0 radical (unpaired) electrons. The molecule has 4 saturated carbocycles. The second-order valence-electron chi connectivity index (χ2n) is 17.9. The summed E-state index contributed by atoms with van der Waals surface area (Å²) in [5.41, 5.74) is -3.40. The molecule has 0 aromatic heterocycles. The van der Waals surface area contributed by atoms with Gasteiger partial charge in [0.2, 0.25) is 6.29 Å². The molecule has 2 aliphatic heterocycles. The Morgan fingerprint density at radius 1 is 0.787 bits per heavy atom. The molecule has 6 aliphatic rings. The van der Waals surface area contributed by atoms with E-state index in [0.717, 1.165) is 44.9 Å². The zero-order valence-electron chi connectivity index (χ0n) is 29.3. The number of esters is 1. The first-order valence-electron chi connectivity index (χ1n) is 18.0. The van der Waals surface area contributed by atoms with Crippen LogP contribution >= 0.6 is 0 Å². The highest BCUT2D eigenvalue weighted by molar-refractivity contribution is 5.78. The van der Waals surface area contributed by atoms with Gasteiger partial charge < -0.3 is 50.0 Å². The number of carbonyl (C=O) groups is 1. The van der Waals surface area contributed by atoms with Gasteiger partial charge in [-0.2, -0.15) is 0 Å². The highest BCUT2D eigenvalue weighted by Crippen LogP contribution is 2.75. The molecule has 270 valence electrons. The maximum absolute atomic E-state index is 14.1. The smallest absolute Gasteiger partial charge is 0.317 e. The van der Waals surface area contributed by atoms with Crippen LogP contribution in [-0.2, 0) is 19.0 Å². The molecule has 0 spiro atoms. The Morgan fingerprint density at radius 2 is 1.45 bits per heavy atom. The highest BCUT2D eigenvalue weighted by atomic mass is 16.7. The Balaban J connectivity index is 1.27. The average Bonchev–Trinajstić information content (AvgIpc) is 3.54. The molecule has 0 amide bonds. The van der Waals surface area contributed by atoms with Crippen molar-refractivity contribution in [1.29, 1.82) is 0 Å². The van der Waals surface area contributed by atoms with Crippen LogP contribution in [0.1, 0.15) is 106 Å². The van der Waals surface area contributed by atoms with Gasteiger partial charge in [0, 0.05) is 11.8 Å². The van der Waals surface area contributed by atoms with E-state index in [2.05, 4.69) is 27.7 Å². The fourth-order valence-electron chi connectivity index (χ4n) is 12.4. The lowest BCUT2D eigenvalue weighted by atomic mass is 9.37. The predicted molar refractivity (Wildman–Crippen MR) is 169 cm³/mol. The van der Waals surface area contributed by atoms with Gasteiger partial charge in [-0.15, -0.1) is 0 Å². The summed E-state index contributed by atoms with van der Waals surface area (Å²) >= 11 is 0. The van der Waals surface area contributed by atoms with Crippen molar-refractivity contribution in [3.05, 3.63) is 0 Å². The van der Waals surface area contributed by atoms with Gasteiger partial charge in [0.15, 0.2) is 0 Å². The van der Waals surface area contributed by atoms with Crippen molar-refractivity contribution in [2.45, 2.75) is 166 Å². The molecule has 2 saturated heterocycles. The number of aliphatic hydroxyl groups is 7. The minimum absolute atomic E-state index is 0.00263. The van der Waals surface area contributed by atoms with E-state index >= 15 is 0 Å². The van der Waals surface area contributed by atoms with Crippen molar-refractivity contribution in [2.24, 2.45) is 45.3 Å². The summed E-state index contributed by atoms with van der Waals surface area (Å²) in [6.45, 7) is 13.9. The molecular formula is C36H60O11. The predicted octanol–water partition coefficient (Wildman–Crippen LogP) is 2.03. The lowest BCUT2D eigenvalue weighted by Gasteiger charge is -2.68. The van der Waals surface area contributed by atoms with Crippen molar-refractivity contribution in [1.82, 2.24) is 0 Å². The Bertz CT molecular complexity index is 1210. The highest BCUT2D eigenvalue weighted by Gasteiger charge is 2.73. The molecule has 6 fully saturated rings. The first-order chi connectivity index (χ1) is 21.7. The van der Waals surface area contributed by atoms with Crippen LogP contribution in [-0.4, -0.2) is 109 Å². The minimum Gasteiger partial charge on any atom is -0.432 e. The molecule has 47 heavy (non-hydrogen) atoms. The third-order valence-electron chi connectivity index (χ3n) is 15.6. The van der Waals surface area contributed by atoms with Gasteiger partial charge in [-0.25, -0.2) is 0 Å². The standard InChI is InChI=1S/C36H60O11/c1-31(2,44)25-12-15-34(5,47-25)21-11-14-32(3)18-8-9-22-35(6,19(18)10-13-33(21,32)4)23(38)16-24(39)36(22,7)30(43)46-29-28(42)27(41)26(40)20(17-37)45-29/h18-29,37-42,44H,8-17H2,1-7H3/t18-,19+,20-,21+,22+,23+,24-,25-,26-,27+,28-,29+,32+,33-,34-,35-,36-/m0/s1. The normalized spacial score (nSPS) is 56.4. The van der Waals surface area contributed by atoms with Gasteiger partial charge >= 0.3 is 5.97 Å². The van der Waals surface area contributed by atoms with E-state index in [4.69, 9.17) is 14.2 Å². The van der Waals surface area contributed by atoms with Gasteiger partial charge in [-0.1, -0.05) is 20.8 Å². The summed E-state index contributed by atoms with van der Waals surface area (Å²) in [4.78, 5) is 14.1. The van der Waals surface area contributed by atoms with Gasteiger partial charge in [-0.05, 0) is 114 Å². The van der Waals surface area contributed by atoms with Crippen molar-refractivity contribution in [2.75, 3.05) is 6.61 Å². The average molecular weight is 669 g/mol. The first kappa shape index (κ1) is 35.9. The largest absolute Gasteiger partial charge is 0.432 e. The molecule has 6 rings (SSSR count). The van der Waals surface area contributed by atoms with Crippen LogP contribution in [0.15, 0.2) is 0 Å².